The van der Waals surface area contributed by atoms with E-state index in [1.807, 2.05) is 48.5 Å². The number of carbonyl (C=O) groups excluding carboxylic acids is 4. The third kappa shape index (κ3) is 4.70. The third-order valence-electron chi connectivity index (χ3n) is 10.8. The Morgan fingerprint density at radius 3 is 2.22 bits per heavy atom. The molecule has 2 N–H and O–H groups in total. The second-order valence-electron chi connectivity index (χ2n) is 13.4. The molecule has 6 unspecified atom stereocenters. The monoisotopic (exact) mass is 675 g/mol. The zero-order valence-electron chi connectivity index (χ0n) is 26.3. The van der Waals surface area contributed by atoms with Gasteiger partial charge in [-0.05, 0) is 98.0 Å². The lowest BCUT2D eigenvalue weighted by atomic mass is 9.51. The first kappa shape index (κ1) is 31.0. The number of aromatic hydroxyl groups is 1. The summed E-state index contributed by atoms with van der Waals surface area (Å²) in [5, 5.41) is 13.6. The minimum absolute atomic E-state index is 0.00324. The topological polar surface area (TPSA) is 107 Å². The number of allylic oxidation sites excluding steroid dienone is 2. The SMILES string of the molecule is CC12C(=O)N(c3ccc(F)c(Cl)c3)C(=O)C1CC1C(=CCC3C(=O)N(c4ccc(Nc5ccccc5)cc4)C(=O)C31)C2c1cccc(O)c1. The molecule has 4 aromatic rings. The van der Waals surface area contributed by atoms with Gasteiger partial charge in [0.05, 0.1) is 39.6 Å². The molecule has 6 atom stereocenters. The van der Waals surface area contributed by atoms with Crippen molar-refractivity contribution in [2.24, 2.45) is 29.1 Å². The summed E-state index contributed by atoms with van der Waals surface area (Å²) >= 11 is 6.08. The molecule has 2 aliphatic heterocycles. The van der Waals surface area contributed by atoms with Gasteiger partial charge in [0.15, 0.2) is 0 Å². The van der Waals surface area contributed by atoms with Crippen LogP contribution >= 0.6 is 11.6 Å². The highest BCUT2D eigenvalue weighted by atomic mass is 35.5. The largest absolute Gasteiger partial charge is 0.508 e. The molecule has 0 bridgehead atoms. The number of fused-ring (bicyclic) bond motifs is 4. The van der Waals surface area contributed by atoms with Gasteiger partial charge in [-0.1, -0.05) is 53.6 Å². The number of anilines is 4. The molecule has 2 saturated heterocycles. The first-order valence-electron chi connectivity index (χ1n) is 16.2. The van der Waals surface area contributed by atoms with Crippen molar-refractivity contribution < 1.29 is 28.7 Å². The average Bonchev–Trinajstić information content (AvgIpc) is 3.46. The number of para-hydroxylation sites is 1. The number of rotatable bonds is 5. The molecule has 0 spiro atoms. The Bertz CT molecular complexity index is 2090. The highest BCUT2D eigenvalue weighted by Gasteiger charge is 2.67. The summed E-state index contributed by atoms with van der Waals surface area (Å²) in [6.07, 6.45) is 2.42. The van der Waals surface area contributed by atoms with Gasteiger partial charge in [-0.3, -0.25) is 24.1 Å². The number of phenolic OH excluding ortho intramolecular Hbond substituents is 1. The summed E-state index contributed by atoms with van der Waals surface area (Å²) in [5.74, 6) is -5.69. The van der Waals surface area contributed by atoms with Crippen molar-refractivity contribution in [2.75, 3.05) is 15.1 Å². The van der Waals surface area contributed by atoms with Gasteiger partial charge >= 0.3 is 0 Å². The van der Waals surface area contributed by atoms with Crippen molar-refractivity contribution in [3.63, 3.8) is 0 Å². The van der Waals surface area contributed by atoms with Crippen molar-refractivity contribution >= 4 is 58.0 Å². The maximum Gasteiger partial charge on any atom is 0.241 e. The van der Waals surface area contributed by atoms with E-state index >= 15 is 0 Å². The lowest BCUT2D eigenvalue weighted by Crippen LogP contribution is -2.48. The van der Waals surface area contributed by atoms with Crippen LogP contribution in [0.4, 0.5) is 27.1 Å². The smallest absolute Gasteiger partial charge is 0.241 e. The predicted octanol–water partition coefficient (Wildman–Crippen LogP) is 7.36. The summed E-state index contributed by atoms with van der Waals surface area (Å²) < 4.78 is 14.1. The van der Waals surface area contributed by atoms with Crippen molar-refractivity contribution in [3.05, 3.63) is 125 Å². The summed E-state index contributed by atoms with van der Waals surface area (Å²) in [6, 6.07) is 27.1. The zero-order valence-corrected chi connectivity index (χ0v) is 27.1. The van der Waals surface area contributed by atoms with Gasteiger partial charge in [0, 0.05) is 17.3 Å². The van der Waals surface area contributed by atoms with Crippen LogP contribution in [0.3, 0.4) is 0 Å². The molecule has 8 rings (SSSR count). The number of nitrogens with zero attached hydrogens (tertiary/aromatic N) is 2. The molecule has 246 valence electrons. The van der Waals surface area contributed by atoms with E-state index in [0.717, 1.165) is 27.9 Å². The fourth-order valence-electron chi connectivity index (χ4n) is 8.61. The maximum atomic E-state index is 14.5. The van der Waals surface area contributed by atoms with E-state index < -0.39 is 52.6 Å². The van der Waals surface area contributed by atoms with Crippen molar-refractivity contribution in [1.29, 1.82) is 0 Å². The molecule has 10 heteroatoms. The predicted molar refractivity (Wildman–Crippen MR) is 183 cm³/mol. The van der Waals surface area contributed by atoms with Crippen LogP contribution in [0.25, 0.3) is 0 Å². The Morgan fingerprint density at radius 2 is 1.51 bits per heavy atom. The normalized spacial score (nSPS) is 27.5. The number of hydrogen-bond acceptors (Lipinski definition) is 6. The molecule has 4 amide bonds. The van der Waals surface area contributed by atoms with Crippen molar-refractivity contribution in [3.8, 4) is 5.75 Å². The van der Waals surface area contributed by atoms with Crippen LogP contribution in [0.2, 0.25) is 5.02 Å². The van der Waals surface area contributed by atoms with Crippen LogP contribution in [-0.4, -0.2) is 28.7 Å². The number of hydrogen-bond donors (Lipinski definition) is 2. The first-order chi connectivity index (χ1) is 23.6. The van der Waals surface area contributed by atoms with Crippen LogP contribution in [0, 0.1) is 34.9 Å². The first-order valence-corrected chi connectivity index (χ1v) is 16.6. The molecule has 1 saturated carbocycles. The molecular formula is C39H31ClFN3O5. The highest BCUT2D eigenvalue weighted by molar-refractivity contribution is 6.32. The van der Waals surface area contributed by atoms with Gasteiger partial charge in [0.1, 0.15) is 11.6 Å². The van der Waals surface area contributed by atoms with E-state index in [2.05, 4.69) is 5.32 Å². The van der Waals surface area contributed by atoms with E-state index in [0.29, 0.717) is 17.7 Å². The Morgan fingerprint density at radius 1 is 0.796 bits per heavy atom. The van der Waals surface area contributed by atoms with Gasteiger partial charge in [-0.15, -0.1) is 0 Å². The molecule has 0 aromatic heterocycles. The molecule has 4 aliphatic rings. The van der Waals surface area contributed by atoms with E-state index in [1.165, 1.54) is 23.1 Å². The van der Waals surface area contributed by atoms with E-state index in [4.69, 9.17) is 11.6 Å². The number of halogens is 2. The molecule has 4 aromatic carbocycles. The number of phenols is 1. The lowest BCUT2D eigenvalue weighted by Gasteiger charge is -2.49. The average molecular weight is 676 g/mol. The van der Waals surface area contributed by atoms with Gasteiger partial charge in [0.2, 0.25) is 23.6 Å². The highest BCUT2D eigenvalue weighted by Crippen LogP contribution is 2.64. The summed E-state index contributed by atoms with van der Waals surface area (Å²) in [5.41, 5.74) is 2.44. The van der Waals surface area contributed by atoms with Crippen LogP contribution in [0.15, 0.2) is 109 Å². The molecule has 0 radical (unpaired) electrons. The standard InChI is InChI=1S/C39H31ClFN3O5/c1-39-30(36(47)44(38(39)49)25-14-17-32(41)31(40)19-25)20-29-27(34(39)21-6-5-9-26(45)18-21)15-16-28-33(29)37(48)43(35(28)46)24-12-10-23(11-13-24)42-22-7-3-2-4-8-22/h2-15,17-19,28-30,33-34,42,45H,16,20H2,1H3. The molecule has 49 heavy (non-hydrogen) atoms. The quantitative estimate of drug-likeness (QED) is 0.169. The van der Waals surface area contributed by atoms with E-state index in [-0.39, 0.29) is 34.7 Å². The molecule has 3 fully saturated rings. The van der Waals surface area contributed by atoms with Gasteiger partial charge in [-0.25, -0.2) is 9.29 Å². The Balaban J connectivity index is 1.17. The van der Waals surface area contributed by atoms with Crippen LogP contribution < -0.4 is 15.1 Å². The van der Waals surface area contributed by atoms with E-state index in [9.17, 15) is 28.7 Å². The Hall–Kier alpha value is -5.28. The number of carbonyl (C=O) groups is 4. The second kappa shape index (κ2) is 11.4. The zero-order chi connectivity index (χ0) is 34.2. The minimum Gasteiger partial charge on any atom is -0.508 e. The summed E-state index contributed by atoms with van der Waals surface area (Å²) in [6.45, 7) is 1.75. The van der Waals surface area contributed by atoms with Crippen LogP contribution in [0.5, 0.6) is 5.75 Å². The van der Waals surface area contributed by atoms with Gasteiger partial charge in [0.25, 0.3) is 0 Å². The number of amides is 4. The molecule has 2 aliphatic carbocycles. The fourth-order valence-corrected chi connectivity index (χ4v) is 8.78. The number of benzene rings is 4. The third-order valence-corrected chi connectivity index (χ3v) is 11.1. The van der Waals surface area contributed by atoms with Crippen LogP contribution in [0.1, 0.15) is 31.2 Å². The lowest BCUT2D eigenvalue weighted by molar-refractivity contribution is -0.131. The molecular weight excluding hydrogens is 645 g/mol. The van der Waals surface area contributed by atoms with Crippen molar-refractivity contribution in [2.45, 2.75) is 25.7 Å². The maximum absolute atomic E-state index is 14.5. The number of nitrogens with one attached hydrogen (secondary N) is 1. The second-order valence-corrected chi connectivity index (χ2v) is 13.8. The Labute approximate surface area is 286 Å². The van der Waals surface area contributed by atoms with Crippen LogP contribution in [-0.2, 0) is 19.2 Å². The summed E-state index contributed by atoms with van der Waals surface area (Å²) in [4.78, 5) is 59.4. The van der Waals surface area contributed by atoms with Crippen molar-refractivity contribution in [1.82, 2.24) is 0 Å². The fraction of sp³-hybridized carbons (Fsp3) is 0.231. The van der Waals surface area contributed by atoms with Gasteiger partial charge in [-0.2, -0.15) is 0 Å². The Kier molecular flexibility index (Phi) is 7.22. The van der Waals surface area contributed by atoms with Gasteiger partial charge < -0.3 is 10.4 Å². The number of imide groups is 2. The molecule has 2 heterocycles. The van der Waals surface area contributed by atoms with E-state index in [1.54, 1.807) is 37.3 Å². The summed E-state index contributed by atoms with van der Waals surface area (Å²) in [7, 11) is 0. The minimum atomic E-state index is -1.30. The molecule has 8 nitrogen and oxygen atoms in total.